The summed E-state index contributed by atoms with van der Waals surface area (Å²) >= 11 is 8.61. The van der Waals surface area contributed by atoms with Gasteiger partial charge in [-0.25, -0.2) is 8.78 Å². The first-order valence-electron chi connectivity index (χ1n) is 6.94. The number of aliphatic hydroxyl groups excluding tert-OH is 1. The number of piperazine rings is 1. The monoisotopic (exact) mass is 410 g/mol. The van der Waals surface area contributed by atoms with E-state index in [9.17, 15) is 23.7 Å². The number of aliphatic hydroxyl groups is 1. The fourth-order valence-corrected chi connectivity index (χ4v) is 3.01. The molecule has 0 aliphatic carbocycles. The Labute approximate surface area is 146 Å². The second-order valence-corrected chi connectivity index (χ2v) is 6.51. The number of rotatable bonds is 3. The van der Waals surface area contributed by atoms with Gasteiger partial charge in [-0.1, -0.05) is 11.6 Å². The van der Waals surface area contributed by atoms with Crippen molar-refractivity contribution in [1.82, 2.24) is 9.71 Å². The minimum atomic E-state index is -1.29. The lowest BCUT2D eigenvalue weighted by Gasteiger charge is -2.41. The van der Waals surface area contributed by atoms with Crippen LogP contribution in [0, 0.1) is 11.6 Å². The zero-order valence-electron chi connectivity index (χ0n) is 12.3. The molecule has 0 saturated carbocycles. The smallest absolute Gasteiger partial charge is 0.376 e. The predicted octanol–water partition coefficient (Wildman–Crippen LogP) is 1.61. The molecule has 2 rings (SSSR count). The molecule has 23 heavy (non-hydrogen) atoms. The van der Waals surface area contributed by atoms with E-state index in [1.807, 2.05) is 0 Å². The summed E-state index contributed by atoms with van der Waals surface area (Å²) in [4.78, 5) is 15.5. The molecule has 1 amide bonds. The number of hydrogen-bond acceptors (Lipinski definition) is 4. The highest BCUT2D eigenvalue weighted by Gasteiger charge is 2.34. The molecule has 0 bridgehead atoms. The van der Waals surface area contributed by atoms with Crippen molar-refractivity contribution in [2.45, 2.75) is 12.9 Å². The maximum atomic E-state index is 14.1. The number of carbonyl (C=O) groups excluding carboxylic acids is 1. The highest BCUT2D eigenvalue weighted by molar-refractivity contribution is 9.10. The Morgan fingerprint density at radius 1 is 1.48 bits per heavy atom. The molecular formula is C13H15BBrClF2N2O3. The first kappa shape index (κ1) is 18.6. The zero-order chi connectivity index (χ0) is 17.3. The average molecular weight is 411 g/mol. The van der Waals surface area contributed by atoms with Gasteiger partial charge in [-0.2, -0.15) is 0 Å². The molecule has 1 aromatic rings. The van der Waals surface area contributed by atoms with E-state index in [1.54, 1.807) is 11.6 Å². The number of halogens is 4. The van der Waals surface area contributed by atoms with Gasteiger partial charge in [0.1, 0.15) is 0 Å². The van der Waals surface area contributed by atoms with E-state index in [1.165, 1.54) is 4.90 Å². The third-order valence-corrected chi connectivity index (χ3v) is 5.15. The maximum Gasteiger partial charge on any atom is 0.376 e. The first-order valence-corrected chi connectivity index (χ1v) is 8.12. The summed E-state index contributed by atoms with van der Waals surface area (Å²) in [5.41, 5.74) is -0.486. The van der Waals surface area contributed by atoms with Gasteiger partial charge >= 0.3 is 7.05 Å². The Kier molecular flexibility index (Phi) is 6.02. The molecular weight excluding hydrogens is 396 g/mol. The van der Waals surface area contributed by atoms with Crippen molar-refractivity contribution < 1.29 is 23.7 Å². The summed E-state index contributed by atoms with van der Waals surface area (Å²) in [6.07, 6.45) is 0. The van der Waals surface area contributed by atoms with Gasteiger partial charge in [0.2, 0.25) is 0 Å². The van der Waals surface area contributed by atoms with Gasteiger partial charge in [0.25, 0.3) is 5.91 Å². The molecule has 1 saturated heterocycles. The van der Waals surface area contributed by atoms with Crippen LogP contribution in [0.25, 0.3) is 0 Å². The van der Waals surface area contributed by atoms with Crippen LogP contribution >= 0.6 is 27.5 Å². The lowest BCUT2D eigenvalue weighted by molar-refractivity contribution is 0.0410. The molecule has 1 aliphatic rings. The second kappa shape index (κ2) is 7.44. The molecule has 0 radical (unpaired) electrons. The molecule has 126 valence electrons. The van der Waals surface area contributed by atoms with E-state index < -0.39 is 36.2 Å². The SMILES string of the molecule is CB(O)N1CCN(C(=O)c2cc(Cl)c(Br)c(F)c2F)[C@@H](CO)C1. The third-order valence-electron chi connectivity index (χ3n) is 3.85. The van der Waals surface area contributed by atoms with Gasteiger partial charge in [-0.15, -0.1) is 0 Å². The second-order valence-electron chi connectivity index (χ2n) is 5.31. The van der Waals surface area contributed by atoms with Crippen LogP contribution in [0.2, 0.25) is 11.8 Å². The topological polar surface area (TPSA) is 64.0 Å². The van der Waals surface area contributed by atoms with Crippen molar-refractivity contribution in [1.29, 1.82) is 0 Å². The van der Waals surface area contributed by atoms with Crippen LogP contribution in [-0.2, 0) is 0 Å². The zero-order valence-corrected chi connectivity index (χ0v) is 14.6. The molecule has 1 aromatic carbocycles. The Hall–Kier alpha value is -0.735. The molecule has 10 heteroatoms. The van der Waals surface area contributed by atoms with Crippen molar-refractivity contribution in [3.8, 4) is 0 Å². The fourth-order valence-electron chi connectivity index (χ4n) is 2.53. The summed E-state index contributed by atoms with van der Waals surface area (Å²) in [5.74, 6) is -3.27. The highest BCUT2D eigenvalue weighted by atomic mass is 79.9. The lowest BCUT2D eigenvalue weighted by atomic mass is 9.83. The van der Waals surface area contributed by atoms with Gasteiger partial charge in [0, 0.05) is 19.6 Å². The van der Waals surface area contributed by atoms with E-state index in [2.05, 4.69) is 15.9 Å². The van der Waals surface area contributed by atoms with Crippen LogP contribution in [0.1, 0.15) is 10.4 Å². The van der Waals surface area contributed by atoms with E-state index in [0.717, 1.165) is 6.07 Å². The van der Waals surface area contributed by atoms with Crippen LogP contribution in [0.4, 0.5) is 8.78 Å². The Morgan fingerprint density at radius 2 is 2.13 bits per heavy atom. The van der Waals surface area contributed by atoms with Gasteiger partial charge in [-0.3, -0.25) is 4.79 Å². The van der Waals surface area contributed by atoms with Crippen LogP contribution < -0.4 is 0 Å². The van der Waals surface area contributed by atoms with Crippen LogP contribution in [-0.4, -0.2) is 65.1 Å². The molecule has 0 spiro atoms. The summed E-state index contributed by atoms with van der Waals surface area (Å²) < 4.78 is 27.6. The van der Waals surface area contributed by atoms with Crippen LogP contribution in [0.15, 0.2) is 10.5 Å². The highest BCUT2D eigenvalue weighted by Crippen LogP contribution is 2.30. The summed E-state index contributed by atoms with van der Waals surface area (Å²) in [5, 5.41) is 18.9. The molecule has 1 heterocycles. The van der Waals surface area contributed by atoms with Crippen molar-refractivity contribution in [2.75, 3.05) is 26.2 Å². The number of carbonyl (C=O) groups is 1. The predicted molar refractivity (Wildman–Crippen MR) is 86.4 cm³/mol. The minimum absolute atomic E-state index is 0.115. The van der Waals surface area contributed by atoms with Crippen molar-refractivity contribution in [2.24, 2.45) is 0 Å². The fraction of sp³-hybridized carbons (Fsp3) is 0.462. The van der Waals surface area contributed by atoms with Gasteiger partial charge in [0.15, 0.2) is 11.6 Å². The normalized spacial score (nSPS) is 19.1. The largest absolute Gasteiger partial charge is 0.437 e. The number of amides is 1. The number of nitrogens with zero attached hydrogens (tertiary/aromatic N) is 2. The molecule has 1 aliphatic heterocycles. The van der Waals surface area contributed by atoms with Crippen molar-refractivity contribution in [3.05, 3.63) is 32.8 Å². The van der Waals surface area contributed by atoms with E-state index in [-0.39, 0.29) is 29.2 Å². The summed E-state index contributed by atoms with van der Waals surface area (Å²) in [6.45, 7) is 1.98. The molecule has 1 fully saturated rings. The van der Waals surface area contributed by atoms with Crippen molar-refractivity contribution >= 4 is 40.5 Å². The molecule has 5 nitrogen and oxygen atoms in total. The van der Waals surface area contributed by atoms with E-state index >= 15 is 0 Å². The first-order chi connectivity index (χ1) is 10.8. The molecule has 1 atom stereocenters. The minimum Gasteiger partial charge on any atom is -0.437 e. The molecule has 0 unspecified atom stereocenters. The number of benzene rings is 1. The van der Waals surface area contributed by atoms with Crippen LogP contribution in [0.5, 0.6) is 0 Å². The standard InChI is InChI=1S/C13H15BBrClF2N2O3/c1-14(23)19-2-3-20(7(5-19)6-21)13(22)8-4-9(16)10(15)12(18)11(8)17/h4,7,21,23H,2-3,5-6H2,1H3/t7-/m1/s1. The van der Waals surface area contributed by atoms with Crippen molar-refractivity contribution in [3.63, 3.8) is 0 Å². The summed E-state index contributed by atoms with van der Waals surface area (Å²) in [7, 11) is -0.724. The summed E-state index contributed by atoms with van der Waals surface area (Å²) in [6, 6.07) is 0.428. The Balaban J connectivity index is 2.30. The maximum absolute atomic E-state index is 14.1. The third kappa shape index (κ3) is 3.69. The van der Waals surface area contributed by atoms with Gasteiger partial charge in [-0.05, 0) is 28.8 Å². The van der Waals surface area contributed by atoms with Gasteiger partial charge < -0.3 is 19.8 Å². The Morgan fingerprint density at radius 3 is 2.70 bits per heavy atom. The van der Waals surface area contributed by atoms with Crippen LogP contribution in [0.3, 0.4) is 0 Å². The van der Waals surface area contributed by atoms with Gasteiger partial charge in [0.05, 0.1) is 27.7 Å². The van der Waals surface area contributed by atoms with E-state index in [4.69, 9.17) is 11.6 Å². The molecule has 0 aromatic heterocycles. The van der Waals surface area contributed by atoms with E-state index in [0.29, 0.717) is 6.54 Å². The lowest BCUT2D eigenvalue weighted by Crippen LogP contribution is -2.59. The quantitative estimate of drug-likeness (QED) is 0.451. The average Bonchev–Trinajstić information content (AvgIpc) is 2.54. The number of hydrogen-bond donors (Lipinski definition) is 2. The molecule has 2 N–H and O–H groups in total. The Bertz CT molecular complexity index is 623.